The van der Waals surface area contributed by atoms with Crippen LogP contribution in [-0.2, 0) is 9.05 Å². The number of carbonyl (C=O) groups is 1. The summed E-state index contributed by atoms with van der Waals surface area (Å²) in [5.74, 6) is -0.366. The van der Waals surface area contributed by atoms with E-state index in [2.05, 4.69) is 5.32 Å². The van der Waals surface area contributed by atoms with E-state index < -0.39 is 9.05 Å². The molecule has 0 aliphatic rings. The molecule has 0 aliphatic heterocycles. The molecule has 0 saturated carbocycles. The van der Waals surface area contributed by atoms with Gasteiger partial charge in [-0.2, -0.15) is 0 Å². The Balaban J connectivity index is 3.26. The number of hydrogen-bond acceptors (Lipinski definition) is 3. The summed E-state index contributed by atoms with van der Waals surface area (Å²) in [6.07, 6.45) is 1.72. The average molecular weight is 352 g/mol. The molecule has 0 unspecified atom stereocenters. The summed E-state index contributed by atoms with van der Waals surface area (Å²) in [6.45, 7) is 7.38. The van der Waals surface area contributed by atoms with Gasteiger partial charge >= 0.3 is 0 Å². The summed E-state index contributed by atoms with van der Waals surface area (Å²) < 4.78 is 23.1. The van der Waals surface area contributed by atoms with Gasteiger partial charge in [-0.05, 0) is 44.9 Å². The highest BCUT2D eigenvalue weighted by Gasteiger charge is 2.24. The molecule has 118 valence electrons. The first kappa shape index (κ1) is 18.3. The van der Waals surface area contributed by atoms with Crippen LogP contribution in [0.25, 0.3) is 0 Å². The number of benzene rings is 1. The quantitative estimate of drug-likeness (QED) is 0.818. The Morgan fingerprint density at radius 1 is 1.33 bits per heavy atom. The Kier molecular flexibility index (Phi) is 5.69. The number of halogens is 2. The van der Waals surface area contributed by atoms with Crippen molar-refractivity contribution >= 4 is 37.2 Å². The normalized spacial score (nSPS) is 12.3. The second kappa shape index (κ2) is 6.55. The Morgan fingerprint density at radius 2 is 1.90 bits per heavy atom. The van der Waals surface area contributed by atoms with E-state index in [9.17, 15) is 13.2 Å². The lowest BCUT2D eigenvalue weighted by molar-refractivity contribution is 0.0908. The summed E-state index contributed by atoms with van der Waals surface area (Å²) in [6, 6.07) is 2.69. The molecular weight excluding hydrogens is 333 g/mol. The number of carbonyl (C=O) groups excluding carboxylic acids is 1. The number of nitrogens with one attached hydrogen (secondary N) is 1. The van der Waals surface area contributed by atoms with Crippen molar-refractivity contribution < 1.29 is 13.2 Å². The van der Waals surface area contributed by atoms with E-state index in [0.29, 0.717) is 5.56 Å². The van der Waals surface area contributed by atoms with Gasteiger partial charge in [-0.3, -0.25) is 4.79 Å². The van der Waals surface area contributed by atoms with Gasteiger partial charge in [-0.15, -0.1) is 0 Å². The van der Waals surface area contributed by atoms with Crippen LogP contribution in [0.5, 0.6) is 0 Å². The smallest absolute Gasteiger partial charge is 0.261 e. The average Bonchev–Trinajstić information content (AvgIpc) is 2.29. The Labute approximate surface area is 135 Å². The summed E-state index contributed by atoms with van der Waals surface area (Å²) in [5.41, 5.74) is 0.116. The minimum Gasteiger partial charge on any atom is -0.347 e. The molecule has 1 N–H and O–H groups in total. The number of hydrogen-bond donors (Lipinski definition) is 1. The van der Waals surface area contributed by atoms with Crippen LogP contribution in [0.1, 0.15) is 49.5 Å². The Bertz CT molecular complexity index is 654. The van der Waals surface area contributed by atoms with Crippen LogP contribution in [0.4, 0.5) is 0 Å². The van der Waals surface area contributed by atoms with E-state index in [4.69, 9.17) is 22.3 Å². The van der Waals surface area contributed by atoms with E-state index in [1.807, 2.05) is 20.8 Å². The third kappa shape index (κ3) is 4.87. The lowest BCUT2D eigenvalue weighted by Crippen LogP contribution is -2.43. The number of rotatable bonds is 5. The van der Waals surface area contributed by atoms with E-state index >= 15 is 0 Å². The monoisotopic (exact) mass is 351 g/mol. The van der Waals surface area contributed by atoms with Crippen LogP contribution < -0.4 is 5.32 Å². The fraction of sp³-hybridized carbons (Fsp3) is 0.500. The maximum atomic E-state index is 12.4. The second-order valence-electron chi connectivity index (χ2n) is 5.60. The maximum Gasteiger partial charge on any atom is 0.261 e. The van der Waals surface area contributed by atoms with Gasteiger partial charge in [0.1, 0.15) is 0 Å². The zero-order valence-electron chi connectivity index (χ0n) is 12.5. The van der Waals surface area contributed by atoms with Crippen molar-refractivity contribution in [3.05, 3.63) is 28.3 Å². The van der Waals surface area contributed by atoms with Gasteiger partial charge in [0.05, 0.1) is 4.90 Å². The van der Waals surface area contributed by atoms with Crippen molar-refractivity contribution in [3.8, 4) is 0 Å². The highest BCUT2D eigenvalue weighted by atomic mass is 35.7. The molecule has 0 spiro atoms. The standard InChI is InChI=1S/C14H19Cl2NO3S/c1-5-6-14(3,4)17-13(18)11-7-10(15)8-12(9(11)2)21(16,19)20/h7-8H,5-6H2,1-4H3,(H,17,18). The molecule has 1 rings (SSSR count). The van der Waals surface area contributed by atoms with Crippen molar-refractivity contribution in [1.29, 1.82) is 0 Å². The van der Waals surface area contributed by atoms with Gasteiger partial charge in [-0.25, -0.2) is 8.42 Å². The lowest BCUT2D eigenvalue weighted by Gasteiger charge is -2.26. The predicted molar refractivity (Wildman–Crippen MR) is 85.7 cm³/mol. The number of amides is 1. The van der Waals surface area contributed by atoms with Crippen molar-refractivity contribution in [1.82, 2.24) is 5.32 Å². The molecule has 1 amide bonds. The highest BCUT2D eigenvalue weighted by Crippen LogP contribution is 2.27. The molecule has 0 saturated heterocycles. The fourth-order valence-corrected chi connectivity index (χ4v) is 3.71. The molecule has 0 heterocycles. The van der Waals surface area contributed by atoms with Crippen molar-refractivity contribution in [2.24, 2.45) is 0 Å². The highest BCUT2D eigenvalue weighted by molar-refractivity contribution is 8.13. The Morgan fingerprint density at radius 3 is 2.38 bits per heavy atom. The van der Waals surface area contributed by atoms with Crippen LogP contribution >= 0.6 is 22.3 Å². The molecule has 0 bridgehead atoms. The van der Waals surface area contributed by atoms with Crippen LogP contribution in [0.15, 0.2) is 17.0 Å². The molecular formula is C14H19Cl2NO3S. The minimum atomic E-state index is -3.96. The molecule has 0 aromatic heterocycles. The molecule has 1 aromatic carbocycles. The summed E-state index contributed by atoms with van der Waals surface area (Å²) in [4.78, 5) is 12.2. The predicted octanol–water partition coefficient (Wildman–Crippen LogP) is 3.88. The van der Waals surface area contributed by atoms with Crippen LogP contribution in [0.3, 0.4) is 0 Å². The molecule has 7 heteroatoms. The SMILES string of the molecule is CCCC(C)(C)NC(=O)c1cc(Cl)cc(S(=O)(=O)Cl)c1C. The maximum absolute atomic E-state index is 12.4. The van der Waals surface area contributed by atoms with Crippen molar-refractivity contribution in [2.75, 3.05) is 0 Å². The van der Waals surface area contributed by atoms with Crippen LogP contribution in [0.2, 0.25) is 5.02 Å². The van der Waals surface area contributed by atoms with Gasteiger partial charge in [0.2, 0.25) is 0 Å². The van der Waals surface area contributed by atoms with E-state index in [-0.39, 0.29) is 26.9 Å². The molecule has 0 aliphatic carbocycles. The van der Waals surface area contributed by atoms with E-state index in [1.54, 1.807) is 0 Å². The topological polar surface area (TPSA) is 63.2 Å². The van der Waals surface area contributed by atoms with Crippen LogP contribution in [-0.4, -0.2) is 19.9 Å². The third-order valence-corrected chi connectivity index (χ3v) is 4.83. The zero-order chi connectivity index (χ0) is 16.4. The van der Waals surface area contributed by atoms with Crippen molar-refractivity contribution in [3.63, 3.8) is 0 Å². The first-order valence-corrected chi connectivity index (χ1v) is 9.24. The third-order valence-electron chi connectivity index (χ3n) is 3.16. The lowest BCUT2D eigenvalue weighted by atomic mass is 9.97. The zero-order valence-corrected chi connectivity index (χ0v) is 14.8. The summed E-state index contributed by atoms with van der Waals surface area (Å²) in [7, 11) is 1.42. The van der Waals surface area contributed by atoms with Gasteiger partial charge in [0, 0.05) is 26.8 Å². The molecule has 0 fully saturated rings. The second-order valence-corrected chi connectivity index (χ2v) is 8.57. The van der Waals surface area contributed by atoms with E-state index in [0.717, 1.165) is 12.8 Å². The first-order valence-electron chi connectivity index (χ1n) is 6.55. The molecule has 0 atom stereocenters. The molecule has 1 aromatic rings. The first-order chi connectivity index (χ1) is 9.48. The summed E-state index contributed by atoms with van der Waals surface area (Å²) in [5, 5.41) is 3.04. The van der Waals surface area contributed by atoms with E-state index in [1.165, 1.54) is 19.1 Å². The van der Waals surface area contributed by atoms with Crippen molar-refractivity contribution in [2.45, 2.75) is 51.0 Å². The van der Waals surface area contributed by atoms with Gasteiger partial charge in [-0.1, -0.05) is 24.9 Å². The minimum absolute atomic E-state index is 0.143. The van der Waals surface area contributed by atoms with Gasteiger partial charge in [0.25, 0.3) is 15.0 Å². The molecule has 21 heavy (non-hydrogen) atoms. The molecule has 0 radical (unpaired) electrons. The van der Waals surface area contributed by atoms with Crippen LogP contribution in [0, 0.1) is 6.92 Å². The Hall–Kier alpha value is -0.780. The largest absolute Gasteiger partial charge is 0.347 e. The summed E-state index contributed by atoms with van der Waals surface area (Å²) >= 11 is 5.90. The fourth-order valence-electron chi connectivity index (χ4n) is 2.21. The molecule has 4 nitrogen and oxygen atoms in total. The van der Waals surface area contributed by atoms with Gasteiger partial charge in [0.15, 0.2) is 0 Å². The van der Waals surface area contributed by atoms with Gasteiger partial charge < -0.3 is 5.32 Å².